The zero-order chi connectivity index (χ0) is 14.6. The Hall–Kier alpha value is -2.03. The summed E-state index contributed by atoms with van der Waals surface area (Å²) < 4.78 is 44.7. The van der Waals surface area contributed by atoms with Crippen LogP contribution in [-0.4, -0.2) is 24.4 Å². The third-order valence-corrected chi connectivity index (χ3v) is 2.15. The first-order chi connectivity index (χ1) is 8.76. The number of methoxy groups -OCH3 is 1. The molecule has 0 atom stereocenters. The second-order valence-corrected chi connectivity index (χ2v) is 3.49. The van der Waals surface area contributed by atoms with E-state index in [1.54, 1.807) is 0 Å². The number of rotatable bonds is 4. The molecule has 6 nitrogen and oxygen atoms in total. The lowest BCUT2D eigenvalue weighted by Gasteiger charge is -2.14. The lowest BCUT2D eigenvalue weighted by Crippen LogP contribution is -2.21. The van der Waals surface area contributed by atoms with Crippen LogP contribution in [0, 0.1) is 0 Å². The van der Waals surface area contributed by atoms with Crippen molar-refractivity contribution < 1.29 is 27.4 Å². The molecule has 0 fully saturated rings. The van der Waals surface area contributed by atoms with Crippen molar-refractivity contribution in [2.75, 3.05) is 12.8 Å². The van der Waals surface area contributed by atoms with Gasteiger partial charge in [0.2, 0.25) is 5.88 Å². The Kier molecular flexibility index (Phi) is 4.54. The number of halogens is 3. The number of nitrogen functional groups attached to an aromatic ring is 1. The maximum Gasteiger partial charge on any atom is 0.574 e. The minimum atomic E-state index is -4.91. The Morgan fingerprint density at radius 3 is 2.58 bits per heavy atom. The van der Waals surface area contributed by atoms with E-state index < -0.39 is 18.2 Å². The number of esters is 1. The predicted octanol–water partition coefficient (Wildman–Crippen LogP) is 0.737. The van der Waals surface area contributed by atoms with E-state index in [1.807, 2.05) is 0 Å². The largest absolute Gasteiger partial charge is 0.574 e. The summed E-state index contributed by atoms with van der Waals surface area (Å²) >= 11 is 0. The highest BCUT2D eigenvalue weighted by Crippen LogP contribution is 2.27. The molecule has 0 amide bonds. The third-order valence-electron chi connectivity index (χ3n) is 2.15. The lowest BCUT2D eigenvalue weighted by atomic mass is 10.1. The van der Waals surface area contributed by atoms with Crippen LogP contribution in [0.5, 0.6) is 5.88 Å². The molecule has 106 valence electrons. The van der Waals surface area contributed by atoms with Gasteiger partial charge in [-0.1, -0.05) is 0 Å². The van der Waals surface area contributed by atoms with Crippen LogP contribution in [0.2, 0.25) is 0 Å². The van der Waals surface area contributed by atoms with E-state index in [0.717, 1.165) is 7.11 Å². The fraction of sp³-hybridized carbons (Fsp3) is 0.400. The Morgan fingerprint density at radius 2 is 2.11 bits per heavy atom. The van der Waals surface area contributed by atoms with Gasteiger partial charge in [0, 0.05) is 12.1 Å². The fourth-order valence-electron chi connectivity index (χ4n) is 1.29. The number of nitrogens with zero attached hydrogens (tertiary/aromatic N) is 1. The van der Waals surface area contributed by atoms with Gasteiger partial charge >= 0.3 is 12.3 Å². The van der Waals surface area contributed by atoms with Gasteiger partial charge in [-0.05, 0) is 6.07 Å². The average molecular weight is 279 g/mol. The van der Waals surface area contributed by atoms with E-state index in [-0.39, 0.29) is 29.9 Å². The van der Waals surface area contributed by atoms with Gasteiger partial charge in [0.1, 0.15) is 0 Å². The number of aromatic nitrogens is 1. The van der Waals surface area contributed by atoms with Crippen molar-refractivity contribution in [2.24, 2.45) is 5.73 Å². The second-order valence-electron chi connectivity index (χ2n) is 3.49. The molecule has 0 bridgehead atoms. The smallest absolute Gasteiger partial charge is 0.469 e. The van der Waals surface area contributed by atoms with E-state index in [2.05, 4.69) is 14.5 Å². The molecular formula is C10H12F3N3O3. The van der Waals surface area contributed by atoms with Crippen LogP contribution in [0.15, 0.2) is 6.07 Å². The normalized spacial score (nSPS) is 11.2. The van der Waals surface area contributed by atoms with E-state index in [9.17, 15) is 18.0 Å². The minimum absolute atomic E-state index is 0.0107. The van der Waals surface area contributed by atoms with Crippen LogP contribution < -0.4 is 16.2 Å². The summed E-state index contributed by atoms with van der Waals surface area (Å²) in [6.45, 7) is -0.235. The van der Waals surface area contributed by atoms with E-state index in [4.69, 9.17) is 11.5 Å². The molecule has 0 saturated carbocycles. The Bertz CT molecular complexity index is 477. The molecule has 4 N–H and O–H groups in total. The first-order valence-electron chi connectivity index (χ1n) is 5.07. The summed E-state index contributed by atoms with van der Waals surface area (Å²) in [6, 6.07) is 1.19. The number of pyridine rings is 1. The summed E-state index contributed by atoms with van der Waals surface area (Å²) in [5, 5.41) is 0. The molecule has 0 aliphatic heterocycles. The van der Waals surface area contributed by atoms with Gasteiger partial charge in [0.05, 0.1) is 24.9 Å². The van der Waals surface area contributed by atoms with Crippen LogP contribution in [0.25, 0.3) is 0 Å². The monoisotopic (exact) mass is 279 g/mol. The maximum atomic E-state index is 12.2. The molecule has 0 aliphatic carbocycles. The Balaban J connectivity index is 3.14. The topological polar surface area (TPSA) is 100 Å². The fourth-order valence-corrected chi connectivity index (χ4v) is 1.29. The molecule has 0 spiro atoms. The number of anilines is 1. The molecule has 0 unspecified atom stereocenters. The summed E-state index contributed by atoms with van der Waals surface area (Å²) in [5.41, 5.74) is 10.8. The van der Waals surface area contributed by atoms with Crippen molar-refractivity contribution >= 4 is 11.7 Å². The molecule has 0 radical (unpaired) electrons. The highest BCUT2D eigenvalue weighted by atomic mass is 19.4. The van der Waals surface area contributed by atoms with E-state index in [0.29, 0.717) is 0 Å². The van der Waals surface area contributed by atoms with Crippen molar-refractivity contribution in [3.8, 4) is 5.88 Å². The van der Waals surface area contributed by atoms with Crippen molar-refractivity contribution in [2.45, 2.75) is 19.3 Å². The van der Waals surface area contributed by atoms with Crippen LogP contribution in [-0.2, 0) is 22.5 Å². The van der Waals surface area contributed by atoms with Gasteiger partial charge in [-0.3, -0.25) is 4.79 Å². The average Bonchev–Trinajstić information content (AvgIpc) is 2.30. The number of carbonyl (C=O) groups excluding carboxylic acids is 1. The quantitative estimate of drug-likeness (QED) is 0.788. The molecular weight excluding hydrogens is 267 g/mol. The number of carbonyl (C=O) groups is 1. The van der Waals surface area contributed by atoms with E-state index >= 15 is 0 Å². The molecule has 1 aromatic rings. The van der Waals surface area contributed by atoms with Crippen LogP contribution in [0.1, 0.15) is 11.3 Å². The van der Waals surface area contributed by atoms with E-state index in [1.165, 1.54) is 6.07 Å². The van der Waals surface area contributed by atoms with Gasteiger partial charge in [0.25, 0.3) is 0 Å². The minimum Gasteiger partial charge on any atom is -0.469 e. The first kappa shape index (κ1) is 15.0. The lowest BCUT2D eigenvalue weighted by molar-refractivity contribution is -0.276. The zero-order valence-corrected chi connectivity index (χ0v) is 9.95. The standard InChI is InChI=1S/C10H12F3N3O3/c1-18-8(17)3-7-6(15)2-5(4-14)9(16-7)19-10(11,12)13/h2H,3-4,14-15H2,1H3. The van der Waals surface area contributed by atoms with Gasteiger partial charge in [-0.2, -0.15) is 0 Å². The summed E-state index contributed by atoms with van der Waals surface area (Å²) in [4.78, 5) is 14.6. The summed E-state index contributed by atoms with van der Waals surface area (Å²) in [7, 11) is 1.14. The number of hydrogen-bond acceptors (Lipinski definition) is 6. The second kappa shape index (κ2) is 5.74. The van der Waals surface area contributed by atoms with Crippen LogP contribution in [0.3, 0.4) is 0 Å². The maximum absolute atomic E-state index is 12.2. The molecule has 19 heavy (non-hydrogen) atoms. The van der Waals surface area contributed by atoms with Crippen molar-refractivity contribution in [3.05, 3.63) is 17.3 Å². The molecule has 0 saturated heterocycles. The van der Waals surface area contributed by atoms with Crippen LogP contribution >= 0.6 is 0 Å². The number of hydrogen-bond donors (Lipinski definition) is 2. The Labute approximate surface area is 106 Å². The van der Waals surface area contributed by atoms with Gasteiger partial charge in [-0.15, -0.1) is 13.2 Å². The predicted molar refractivity (Wildman–Crippen MR) is 58.9 cm³/mol. The number of alkyl halides is 3. The highest BCUT2D eigenvalue weighted by molar-refractivity contribution is 5.74. The molecule has 0 aromatic carbocycles. The van der Waals surface area contributed by atoms with Crippen molar-refractivity contribution in [3.63, 3.8) is 0 Å². The zero-order valence-electron chi connectivity index (χ0n) is 9.95. The molecule has 1 aromatic heterocycles. The number of nitrogens with two attached hydrogens (primary N) is 2. The highest BCUT2D eigenvalue weighted by Gasteiger charge is 2.33. The van der Waals surface area contributed by atoms with Gasteiger partial charge in [0.15, 0.2) is 0 Å². The molecule has 0 aliphatic rings. The SMILES string of the molecule is COC(=O)Cc1nc(OC(F)(F)F)c(CN)cc1N. The van der Waals surface area contributed by atoms with Gasteiger partial charge in [-0.25, -0.2) is 4.98 Å². The summed E-state index contributed by atoms with van der Waals surface area (Å²) in [6.07, 6.45) is -5.27. The first-order valence-corrected chi connectivity index (χ1v) is 5.07. The molecule has 1 heterocycles. The molecule has 1 rings (SSSR count). The number of ether oxygens (including phenoxy) is 2. The van der Waals surface area contributed by atoms with Gasteiger partial charge < -0.3 is 20.9 Å². The molecule has 9 heteroatoms. The van der Waals surface area contributed by atoms with Crippen molar-refractivity contribution in [1.29, 1.82) is 0 Å². The summed E-state index contributed by atoms with van der Waals surface area (Å²) in [5.74, 6) is -1.40. The third kappa shape index (κ3) is 4.28. The van der Waals surface area contributed by atoms with Crippen molar-refractivity contribution in [1.82, 2.24) is 4.98 Å². The Morgan fingerprint density at radius 1 is 1.47 bits per heavy atom. The van der Waals surface area contributed by atoms with Crippen LogP contribution in [0.4, 0.5) is 18.9 Å².